The van der Waals surface area contributed by atoms with Gasteiger partial charge in [0.15, 0.2) is 0 Å². The quantitative estimate of drug-likeness (QED) is 0.239. The van der Waals surface area contributed by atoms with E-state index in [0.29, 0.717) is 25.4 Å². The molecule has 5 nitrogen and oxygen atoms in total. The molecule has 0 rings (SSSR count). The number of carbonyl (C=O) groups is 1. The van der Waals surface area contributed by atoms with E-state index >= 15 is 0 Å². The van der Waals surface area contributed by atoms with Crippen molar-refractivity contribution < 1.29 is 22.8 Å². The summed E-state index contributed by atoms with van der Waals surface area (Å²) in [7, 11) is -2.55. The summed E-state index contributed by atoms with van der Waals surface area (Å²) in [6.45, 7) is 14.6. The largest absolute Gasteiger partial charge is 0.500 e. The molecule has 0 aromatic heterocycles. The van der Waals surface area contributed by atoms with Gasteiger partial charge in [-0.05, 0) is 40.5 Å². The van der Waals surface area contributed by atoms with Crippen molar-refractivity contribution in [3.8, 4) is 0 Å². The molecule has 0 spiro atoms. The van der Waals surface area contributed by atoms with Crippen LogP contribution >= 0.6 is 0 Å². The van der Waals surface area contributed by atoms with Crippen LogP contribution in [0.2, 0.25) is 6.04 Å². The minimum atomic E-state index is -2.55. The molecule has 0 saturated carbocycles. The Hall–Kier alpha value is -0.693. The summed E-state index contributed by atoms with van der Waals surface area (Å²) in [5.74, 6) is -0.343. The Morgan fingerprint density at radius 1 is 1.19 bits per heavy atom. The van der Waals surface area contributed by atoms with Crippen LogP contribution in [0.1, 0.15) is 47.5 Å². The molecule has 0 saturated heterocycles. The van der Waals surface area contributed by atoms with Crippen molar-refractivity contribution >= 4 is 14.8 Å². The fraction of sp³-hybridized carbons (Fsp3) is 0.800. The topological polar surface area (TPSA) is 54.0 Å². The minimum absolute atomic E-state index is 0.0123. The molecule has 1 unspecified atom stereocenters. The molecule has 0 heterocycles. The SMILES string of the molecule is C=C(C)C(=O)OCCCC(C)O[Si](CC)(OCC)OCC. The molecule has 0 aliphatic rings. The summed E-state index contributed by atoms with van der Waals surface area (Å²) in [4.78, 5) is 11.2. The van der Waals surface area contributed by atoms with E-state index in [1.807, 2.05) is 27.7 Å². The Balaban J connectivity index is 4.16. The molecule has 0 N–H and O–H groups in total. The summed E-state index contributed by atoms with van der Waals surface area (Å²) in [5, 5.41) is 0. The lowest BCUT2D eigenvalue weighted by atomic mass is 10.2. The third-order valence-electron chi connectivity index (χ3n) is 2.88. The summed E-state index contributed by atoms with van der Waals surface area (Å²) < 4.78 is 22.6. The van der Waals surface area contributed by atoms with Crippen molar-refractivity contribution in [2.24, 2.45) is 0 Å². The molecule has 0 aromatic rings. The summed E-state index contributed by atoms with van der Waals surface area (Å²) in [6.07, 6.45) is 1.55. The molecule has 1 atom stereocenters. The second-order valence-corrected chi connectivity index (χ2v) is 7.78. The Morgan fingerprint density at radius 3 is 2.19 bits per heavy atom. The second kappa shape index (κ2) is 11.0. The van der Waals surface area contributed by atoms with E-state index in [-0.39, 0.29) is 12.1 Å². The zero-order chi connectivity index (χ0) is 16.3. The maximum Gasteiger partial charge on any atom is 0.500 e. The van der Waals surface area contributed by atoms with E-state index in [0.717, 1.165) is 18.9 Å². The van der Waals surface area contributed by atoms with Crippen LogP contribution < -0.4 is 0 Å². The maximum atomic E-state index is 11.2. The van der Waals surface area contributed by atoms with Gasteiger partial charge in [0.2, 0.25) is 0 Å². The van der Waals surface area contributed by atoms with Gasteiger partial charge >= 0.3 is 14.8 Å². The number of hydrogen-bond donors (Lipinski definition) is 0. The summed E-state index contributed by atoms with van der Waals surface area (Å²) in [5.41, 5.74) is 0.421. The van der Waals surface area contributed by atoms with Crippen LogP contribution in [0.5, 0.6) is 0 Å². The monoisotopic (exact) mass is 318 g/mol. The third-order valence-corrected chi connectivity index (χ3v) is 5.96. The molecule has 21 heavy (non-hydrogen) atoms. The molecular formula is C15H30O5Si. The molecule has 0 fully saturated rings. The molecule has 0 aliphatic heterocycles. The molecule has 0 aromatic carbocycles. The van der Waals surface area contributed by atoms with E-state index in [9.17, 15) is 4.79 Å². The van der Waals surface area contributed by atoms with Gasteiger partial charge in [-0.25, -0.2) is 4.79 Å². The average molecular weight is 318 g/mol. The Bertz CT molecular complexity index is 313. The molecule has 0 radical (unpaired) electrons. The number of hydrogen-bond acceptors (Lipinski definition) is 5. The van der Waals surface area contributed by atoms with Crippen LogP contribution in [-0.2, 0) is 22.8 Å². The highest BCUT2D eigenvalue weighted by molar-refractivity contribution is 6.60. The highest BCUT2D eigenvalue weighted by atomic mass is 28.4. The Morgan fingerprint density at radius 2 is 1.76 bits per heavy atom. The molecule has 0 aliphatic carbocycles. The van der Waals surface area contributed by atoms with Crippen LogP contribution in [0.25, 0.3) is 0 Å². The lowest BCUT2D eigenvalue weighted by Crippen LogP contribution is -2.47. The van der Waals surface area contributed by atoms with E-state index < -0.39 is 8.80 Å². The fourth-order valence-electron chi connectivity index (χ4n) is 1.86. The smallest absolute Gasteiger partial charge is 0.462 e. The Labute approximate surface area is 130 Å². The first-order chi connectivity index (χ1) is 9.90. The van der Waals surface area contributed by atoms with Gasteiger partial charge in [0, 0.05) is 30.9 Å². The van der Waals surface area contributed by atoms with Gasteiger partial charge in [-0.3, -0.25) is 0 Å². The zero-order valence-corrected chi connectivity index (χ0v) is 15.1. The van der Waals surface area contributed by atoms with Crippen LogP contribution in [0.4, 0.5) is 0 Å². The number of carbonyl (C=O) groups excluding carboxylic acids is 1. The predicted octanol–water partition coefficient (Wildman–Crippen LogP) is 3.32. The first-order valence-electron chi connectivity index (χ1n) is 7.69. The van der Waals surface area contributed by atoms with Gasteiger partial charge in [-0.2, -0.15) is 0 Å². The first kappa shape index (κ1) is 20.3. The van der Waals surface area contributed by atoms with Crippen molar-refractivity contribution in [1.29, 1.82) is 0 Å². The van der Waals surface area contributed by atoms with Gasteiger partial charge < -0.3 is 18.0 Å². The van der Waals surface area contributed by atoms with E-state index in [1.54, 1.807) is 6.92 Å². The van der Waals surface area contributed by atoms with Crippen molar-refractivity contribution in [3.63, 3.8) is 0 Å². The molecule has 6 heteroatoms. The maximum absolute atomic E-state index is 11.2. The van der Waals surface area contributed by atoms with Crippen LogP contribution in [-0.4, -0.2) is 40.7 Å². The van der Waals surface area contributed by atoms with Crippen molar-refractivity contribution in [2.45, 2.75) is 59.6 Å². The standard InChI is InChI=1S/C15H30O5Si/c1-7-18-21(9-3,19-8-2)20-14(6)11-10-12-17-15(16)13(4)5/h14H,4,7-12H2,1-3,5-6H3. The first-order valence-corrected chi connectivity index (χ1v) is 9.62. The Kier molecular flexibility index (Phi) is 10.6. The fourth-order valence-corrected chi connectivity index (χ4v) is 4.27. The molecule has 124 valence electrons. The normalized spacial score (nSPS) is 13.0. The van der Waals surface area contributed by atoms with Crippen molar-refractivity contribution in [1.82, 2.24) is 0 Å². The molecule has 0 amide bonds. The molecular weight excluding hydrogens is 288 g/mol. The predicted molar refractivity (Wildman–Crippen MR) is 85.0 cm³/mol. The number of esters is 1. The minimum Gasteiger partial charge on any atom is -0.462 e. The molecule has 0 bridgehead atoms. The van der Waals surface area contributed by atoms with Gasteiger partial charge in [0.05, 0.1) is 6.61 Å². The summed E-state index contributed by atoms with van der Waals surface area (Å²) >= 11 is 0. The van der Waals surface area contributed by atoms with Gasteiger partial charge in [-0.15, -0.1) is 0 Å². The lowest BCUT2D eigenvalue weighted by Gasteiger charge is -2.30. The number of rotatable bonds is 12. The summed E-state index contributed by atoms with van der Waals surface area (Å²) in [6, 6.07) is 0.754. The van der Waals surface area contributed by atoms with Gasteiger partial charge in [0.1, 0.15) is 0 Å². The van der Waals surface area contributed by atoms with E-state index in [4.69, 9.17) is 18.0 Å². The highest BCUT2D eigenvalue weighted by Crippen LogP contribution is 2.19. The second-order valence-electron chi connectivity index (χ2n) is 4.89. The van der Waals surface area contributed by atoms with Crippen LogP contribution in [0, 0.1) is 0 Å². The van der Waals surface area contributed by atoms with Gasteiger partial charge in [-0.1, -0.05) is 13.5 Å². The zero-order valence-electron chi connectivity index (χ0n) is 14.1. The average Bonchev–Trinajstić information content (AvgIpc) is 2.43. The lowest BCUT2D eigenvalue weighted by molar-refractivity contribution is -0.139. The van der Waals surface area contributed by atoms with Gasteiger partial charge in [0.25, 0.3) is 0 Å². The number of ether oxygens (including phenoxy) is 1. The van der Waals surface area contributed by atoms with Crippen LogP contribution in [0.3, 0.4) is 0 Å². The van der Waals surface area contributed by atoms with Crippen molar-refractivity contribution in [3.05, 3.63) is 12.2 Å². The van der Waals surface area contributed by atoms with Crippen molar-refractivity contribution in [2.75, 3.05) is 19.8 Å². The highest BCUT2D eigenvalue weighted by Gasteiger charge is 2.40. The van der Waals surface area contributed by atoms with Crippen LogP contribution in [0.15, 0.2) is 12.2 Å². The third kappa shape index (κ3) is 8.36. The van der Waals surface area contributed by atoms with E-state index in [2.05, 4.69) is 6.58 Å². The van der Waals surface area contributed by atoms with E-state index in [1.165, 1.54) is 0 Å².